The van der Waals surface area contributed by atoms with Gasteiger partial charge in [-0.15, -0.1) is 0 Å². The Labute approximate surface area is 109 Å². The number of hydrogen-bond donors (Lipinski definition) is 1. The van der Waals surface area contributed by atoms with E-state index in [4.69, 9.17) is 18.3 Å². The third-order valence-electron chi connectivity index (χ3n) is 4.12. The lowest BCUT2D eigenvalue weighted by Crippen LogP contribution is -2.50. The Balaban J connectivity index is 2.38. The minimum Gasteiger partial charge on any atom is -0.381 e. The molecule has 1 aromatic carbocycles. The maximum Gasteiger partial charge on any atom is 0.128 e. The van der Waals surface area contributed by atoms with Gasteiger partial charge in [-0.05, 0) is 31.2 Å². The van der Waals surface area contributed by atoms with Gasteiger partial charge in [0.05, 0.1) is 14.0 Å². The summed E-state index contributed by atoms with van der Waals surface area (Å²) in [5.41, 5.74) is 6.34. The standard InChI is InChI=1S/C14H19BFNO/c1-18-11-7-6-10(9-15)14(17,8-11)12-4-2-3-5-13(12)16/h2-5,10-11H,6-9,17H2,1H3/t10?,11-,14?/m0/s1. The van der Waals surface area contributed by atoms with Crippen LogP contribution in [0.5, 0.6) is 0 Å². The first-order chi connectivity index (χ1) is 8.61. The molecular formula is C14H19BFNO. The van der Waals surface area contributed by atoms with E-state index in [1.54, 1.807) is 19.2 Å². The topological polar surface area (TPSA) is 35.2 Å². The molecule has 2 N–H and O–H groups in total. The van der Waals surface area contributed by atoms with E-state index in [9.17, 15) is 4.39 Å². The molecule has 0 heterocycles. The van der Waals surface area contributed by atoms with Gasteiger partial charge in [-0.3, -0.25) is 0 Å². The third kappa shape index (κ3) is 2.32. The Bertz CT molecular complexity index is 415. The molecule has 0 aliphatic heterocycles. The van der Waals surface area contributed by atoms with Gasteiger partial charge in [0, 0.05) is 18.2 Å². The summed E-state index contributed by atoms with van der Waals surface area (Å²) in [5, 5.41) is 0. The zero-order chi connectivity index (χ0) is 13.2. The van der Waals surface area contributed by atoms with Gasteiger partial charge in [-0.2, -0.15) is 0 Å². The van der Waals surface area contributed by atoms with Crippen molar-refractivity contribution in [2.24, 2.45) is 11.7 Å². The first kappa shape index (κ1) is 13.6. The number of hydrogen-bond acceptors (Lipinski definition) is 2. The summed E-state index contributed by atoms with van der Waals surface area (Å²) in [5.74, 6) is -0.156. The summed E-state index contributed by atoms with van der Waals surface area (Å²) in [6.07, 6.45) is 2.98. The Kier molecular flexibility index (Phi) is 4.08. The quantitative estimate of drug-likeness (QED) is 0.832. The molecule has 0 amide bonds. The smallest absolute Gasteiger partial charge is 0.128 e. The summed E-state index contributed by atoms with van der Waals surface area (Å²) in [6, 6.07) is 6.71. The van der Waals surface area contributed by atoms with Gasteiger partial charge < -0.3 is 10.5 Å². The molecule has 96 valence electrons. The number of ether oxygens (including phenoxy) is 1. The molecule has 1 aliphatic carbocycles. The Hall–Kier alpha value is -0.865. The van der Waals surface area contributed by atoms with Crippen molar-refractivity contribution in [2.45, 2.75) is 37.2 Å². The summed E-state index contributed by atoms with van der Waals surface area (Å²) in [7, 11) is 7.49. The predicted molar refractivity (Wildman–Crippen MR) is 71.0 cm³/mol. The molecule has 2 unspecified atom stereocenters. The molecule has 1 saturated carbocycles. The van der Waals surface area contributed by atoms with E-state index in [0.717, 1.165) is 12.8 Å². The van der Waals surface area contributed by atoms with Crippen LogP contribution in [0.25, 0.3) is 0 Å². The molecule has 1 fully saturated rings. The van der Waals surface area contributed by atoms with Crippen molar-refractivity contribution in [3.63, 3.8) is 0 Å². The monoisotopic (exact) mass is 247 g/mol. The molecule has 3 atom stereocenters. The third-order valence-corrected chi connectivity index (χ3v) is 4.12. The van der Waals surface area contributed by atoms with Crippen LogP contribution in [0.2, 0.25) is 6.32 Å². The lowest BCUT2D eigenvalue weighted by Gasteiger charge is -2.44. The van der Waals surface area contributed by atoms with Crippen molar-refractivity contribution in [1.82, 2.24) is 0 Å². The SMILES string of the molecule is [B]CC1CC[C@H](OC)CC1(N)c1ccccc1F. The van der Waals surface area contributed by atoms with Crippen LogP contribution < -0.4 is 5.73 Å². The maximum atomic E-state index is 14.0. The van der Waals surface area contributed by atoms with Crippen molar-refractivity contribution < 1.29 is 9.13 Å². The van der Waals surface area contributed by atoms with Crippen molar-refractivity contribution >= 4 is 7.85 Å². The Morgan fingerprint density at radius 1 is 1.44 bits per heavy atom. The van der Waals surface area contributed by atoms with Gasteiger partial charge in [0.1, 0.15) is 5.82 Å². The van der Waals surface area contributed by atoms with Crippen LogP contribution in [0.4, 0.5) is 4.39 Å². The van der Waals surface area contributed by atoms with Crippen LogP contribution in [-0.2, 0) is 10.3 Å². The van der Waals surface area contributed by atoms with E-state index in [2.05, 4.69) is 0 Å². The molecule has 4 heteroatoms. The summed E-state index contributed by atoms with van der Waals surface area (Å²) >= 11 is 0. The lowest BCUT2D eigenvalue weighted by molar-refractivity contribution is 0.0179. The van der Waals surface area contributed by atoms with E-state index >= 15 is 0 Å². The fourth-order valence-electron chi connectivity index (χ4n) is 2.99. The van der Waals surface area contributed by atoms with Crippen LogP contribution in [0.1, 0.15) is 24.8 Å². The average Bonchev–Trinajstić information content (AvgIpc) is 2.39. The lowest BCUT2D eigenvalue weighted by atomic mass is 9.64. The van der Waals surface area contributed by atoms with Crippen molar-refractivity contribution in [2.75, 3.05) is 7.11 Å². The van der Waals surface area contributed by atoms with Crippen molar-refractivity contribution in [1.29, 1.82) is 0 Å². The molecule has 1 aliphatic rings. The van der Waals surface area contributed by atoms with Crippen LogP contribution in [0.3, 0.4) is 0 Å². The first-order valence-electron chi connectivity index (χ1n) is 6.38. The molecule has 0 bridgehead atoms. The highest BCUT2D eigenvalue weighted by Gasteiger charge is 2.42. The van der Waals surface area contributed by atoms with Crippen molar-refractivity contribution in [3.05, 3.63) is 35.6 Å². The molecule has 2 nitrogen and oxygen atoms in total. The largest absolute Gasteiger partial charge is 0.381 e. The van der Waals surface area contributed by atoms with E-state index in [0.29, 0.717) is 18.3 Å². The fourth-order valence-corrected chi connectivity index (χ4v) is 2.99. The van der Waals surface area contributed by atoms with Crippen molar-refractivity contribution in [3.8, 4) is 0 Å². The van der Waals surface area contributed by atoms with Gasteiger partial charge in [0.15, 0.2) is 0 Å². The predicted octanol–water partition coefficient (Wildman–Crippen LogP) is 2.38. The summed E-state index contributed by atoms with van der Waals surface area (Å²) in [6.45, 7) is 0. The molecule has 18 heavy (non-hydrogen) atoms. The van der Waals surface area contributed by atoms with Crippen LogP contribution in [0.15, 0.2) is 24.3 Å². The zero-order valence-electron chi connectivity index (χ0n) is 10.7. The maximum absolute atomic E-state index is 14.0. The highest BCUT2D eigenvalue weighted by atomic mass is 19.1. The minimum atomic E-state index is -0.723. The average molecular weight is 247 g/mol. The summed E-state index contributed by atoms with van der Waals surface area (Å²) in [4.78, 5) is 0. The van der Waals surface area contributed by atoms with E-state index in [1.807, 2.05) is 6.07 Å². The van der Waals surface area contributed by atoms with Crippen LogP contribution >= 0.6 is 0 Å². The number of benzene rings is 1. The molecule has 0 aromatic heterocycles. The van der Waals surface area contributed by atoms with E-state index in [1.165, 1.54) is 6.07 Å². The highest BCUT2D eigenvalue weighted by Crippen LogP contribution is 2.42. The van der Waals surface area contributed by atoms with Gasteiger partial charge in [-0.25, -0.2) is 4.39 Å². The first-order valence-corrected chi connectivity index (χ1v) is 6.38. The van der Waals surface area contributed by atoms with E-state index < -0.39 is 5.54 Å². The Morgan fingerprint density at radius 3 is 2.78 bits per heavy atom. The second-order valence-corrected chi connectivity index (χ2v) is 5.09. The molecular weight excluding hydrogens is 228 g/mol. The fraction of sp³-hybridized carbons (Fsp3) is 0.571. The number of rotatable bonds is 3. The van der Waals surface area contributed by atoms with Gasteiger partial charge in [0.2, 0.25) is 0 Å². The Morgan fingerprint density at radius 2 is 2.17 bits per heavy atom. The zero-order valence-corrected chi connectivity index (χ0v) is 10.7. The molecule has 0 saturated heterocycles. The van der Waals surface area contributed by atoms with Gasteiger partial charge >= 0.3 is 0 Å². The molecule has 2 radical (unpaired) electrons. The molecule has 2 rings (SSSR count). The van der Waals surface area contributed by atoms with Crippen LogP contribution in [0, 0.1) is 11.7 Å². The minimum absolute atomic E-state index is 0.0809. The molecule has 0 spiro atoms. The number of methoxy groups -OCH3 is 1. The molecule has 1 aromatic rings. The van der Waals surface area contributed by atoms with Gasteiger partial charge in [-0.1, -0.05) is 24.5 Å². The number of nitrogens with two attached hydrogens (primary N) is 1. The van der Waals surface area contributed by atoms with Crippen LogP contribution in [-0.4, -0.2) is 21.1 Å². The second-order valence-electron chi connectivity index (χ2n) is 5.09. The summed E-state index contributed by atoms with van der Waals surface area (Å²) < 4.78 is 19.4. The van der Waals surface area contributed by atoms with Gasteiger partial charge in [0.25, 0.3) is 0 Å². The van der Waals surface area contributed by atoms with E-state index in [-0.39, 0.29) is 17.8 Å². The second kappa shape index (κ2) is 5.41. The normalized spacial score (nSPS) is 32.4. The number of halogens is 1. The highest BCUT2D eigenvalue weighted by molar-refractivity contribution is 6.08.